The Kier molecular flexibility index (Phi) is 2.76. The highest BCUT2D eigenvalue weighted by Crippen LogP contribution is 2.34. The molecule has 0 amide bonds. The zero-order chi connectivity index (χ0) is 13.2. The normalized spacial score (nSPS) is 13.7. The number of nitrogens with two attached hydrogens (primary N) is 1. The molecule has 0 fully saturated rings. The molecule has 5 heteroatoms. The molecule has 0 bridgehead atoms. The first kappa shape index (κ1) is 11.5. The largest absolute Gasteiger partial charge is 0.382 e. The second-order valence-electron chi connectivity index (χ2n) is 4.45. The first-order valence-electron chi connectivity index (χ1n) is 6.17. The molecular weight excluding hydrogens is 238 g/mol. The molecule has 1 aliphatic rings. The van der Waals surface area contributed by atoms with Crippen LogP contribution in [0.25, 0.3) is 0 Å². The van der Waals surface area contributed by atoms with Gasteiger partial charge in [0.1, 0.15) is 23.8 Å². The molecule has 1 aromatic heterocycles. The van der Waals surface area contributed by atoms with Crippen molar-refractivity contribution in [3.8, 4) is 6.07 Å². The Morgan fingerprint density at radius 1 is 1.26 bits per heavy atom. The van der Waals surface area contributed by atoms with Crippen molar-refractivity contribution in [2.24, 2.45) is 0 Å². The van der Waals surface area contributed by atoms with Gasteiger partial charge in [0, 0.05) is 12.2 Å². The molecule has 94 valence electrons. The number of hydrogen-bond donors (Lipinski definition) is 1. The number of nitriles is 1. The lowest BCUT2D eigenvalue weighted by Crippen LogP contribution is -2.26. The number of anilines is 3. The van der Waals surface area contributed by atoms with Crippen LogP contribution in [0.15, 0.2) is 30.6 Å². The van der Waals surface area contributed by atoms with E-state index in [0.29, 0.717) is 11.4 Å². The van der Waals surface area contributed by atoms with Crippen LogP contribution in [0, 0.1) is 11.3 Å². The average molecular weight is 251 g/mol. The van der Waals surface area contributed by atoms with Crippen LogP contribution in [-0.2, 0) is 6.42 Å². The minimum absolute atomic E-state index is 0.232. The van der Waals surface area contributed by atoms with Crippen LogP contribution >= 0.6 is 0 Å². The van der Waals surface area contributed by atoms with Gasteiger partial charge in [-0.3, -0.25) is 0 Å². The number of rotatable bonds is 1. The summed E-state index contributed by atoms with van der Waals surface area (Å²) in [6, 6.07) is 10.3. The van der Waals surface area contributed by atoms with E-state index >= 15 is 0 Å². The van der Waals surface area contributed by atoms with Crippen LogP contribution in [-0.4, -0.2) is 16.5 Å². The Hall–Kier alpha value is -2.61. The molecule has 0 aliphatic carbocycles. The highest BCUT2D eigenvalue weighted by Gasteiger charge is 2.22. The lowest BCUT2D eigenvalue weighted by molar-refractivity contribution is 0.758. The summed E-state index contributed by atoms with van der Waals surface area (Å²) in [5, 5.41) is 9.24. The number of benzene rings is 1. The summed E-state index contributed by atoms with van der Waals surface area (Å²) in [7, 11) is 0. The Morgan fingerprint density at radius 3 is 2.95 bits per heavy atom. The van der Waals surface area contributed by atoms with Gasteiger partial charge in [-0.1, -0.05) is 18.2 Å². The second-order valence-corrected chi connectivity index (χ2v) is 4.45. The maximum absolute atomic E-state index is 9.24. The van der Waals surface area contributed by atoms with E-state index in [4.69, 9.17) is 5.73 Å². The lowest BCUT2D eigenvalue weighted by atomic mass is 10.0. The summed E-state index contributed by atoms with van der Waals surface area (Å²) in [5.74, 6) is 0.831. The summed E-state index contributed by atoms with van der Waals surface area (Å²) >= 11 is 0. The summed E-state index contributed by atoms with van der Waals surface area (Å²) < 4.78 is 0. The van der Waals surface area contributed by atoms with Crippen molar-refractivity contribution in [3.05, 3.63) is 41.7 Å². The van der Waals surface area contributed by atoms with Crippen molar-refractivity contribution < 1.29 is 0 Å². The molecule has 19 heavy (non-hydrogen) atoms. The minimum Gasteiger partial charge on any atom is -0.382 e. The molecule has 2 aromatic rings. The van der Waals surface area contributed by atoms with Gasteiger partial charge in [-0.15, -0.1) is 0 Å². The summed E-state index contributed by atoms with van der Waals surface area (Å²) in [6.45, 7) is 0.835. The third kappa shape index (κ3) is 1.87. The Labute approximate surface area is 111 Å². The zero-order valence-electron chi connectivity index (χ0n) is 10.4. The number of aromatic nitrogens is 2. The highest BCUT2D eigenvalue weighted by molar-refractivity contribution is 5.72. The van der Waals surface area contributed by atoms with Crippen molar-refractivity contribution in [1.82, 2.24) is 9.97 Å². The fraction of sp³-hybridized carbons (Fsp3) is 0.214. The summed E-state index contributed by atoms with van der Waals surface area (Å²) in [4.78, 5) is 10.2. The molecule has 2 N–H and O–H groups in total. The van der Waals surface area contributed by atoms with E-state index in [-0.39, 0.29) is 5.82 Å². The number of para-hydroxylation sites is 1. The number of nitrogen functional groups attached to an aromatic ring is 1. The van der Waals surface area contributed by atoms with Gasteiger partial charge in [0.15, 0.2) is 5.82 Å². The van der Waals surface area contributed by atoms with Crippen LogP contribution in [0.5, 0.6) is 0 Å². The van der Waals surface area contributed by atoms with Gasteiger partial charge in [0.2, 0.25) is 0 Å². The Balaban J connectivity index is 2.15. The predicted molar refractivity (Wildman–Crippen MR) is 72.9 cm³/mol. The molecule has 1 aliphatic heterocycles. The number of aryl methyl sites for hydroxylation is 1. The monoisotopic (exact) mass is 251 g/mol. The van der Waals surface area contributed by atoms with E-state index in [2.05, 4.69) is 27.0 Å². The molecule has 0 saturated carbocycles. The van der Waals surface area contributed by atoms with Gasteiger partial charge in [0.05, 0.1) is 0 Å². The first-order chi connectivity index (χ1) is 9.31. The summed E-state index contributed by atoms with van der Waals surface area (Å²) in [6.07, 6.45) is 3.49. The zero-order valence-corrected chi connectivity index (χ0v) is 10.4. The second kappa shape index (κ2) is 4.58. The van der Waals surface area contributed by atoms with E-state index in [1.54, 1.807) is 0 Å². The Bertz CT molecular complexity index is 659. The number of fused-ring (bicyclic) bond motifs is 1. The fourth-order valence-corrected chi connectivity index (χ4v) is 2.45. The van der Waals surface area contributed by atoms with Gasteiger partial charge in [-0.2, -0.15) is 5.26 Å². The van der Waals surface area contributed by atoms with Crippen molar-refractivity contribution >= 4 is 17.3 Å². The fourth-order valence-electron chi connectivity index (χ4n) is 2.45. The third-order valence-corrected chi connectivity index (χ3v) is 3.33. The van der Waals surface area contributed by atoms with Crippen LogP contribution in [0.3, 0.4) is 0 Å². The highest BCUT2D eigenvalue weighted by atomic mass is 15.2. The van der Waals surface area contributed by atoms with Crippen molar-refractivity contribution in [1.29, 1.82) is 5.26 Å². The van der Waals surface area contributed by atoms with E-state index in [1.807, 2.05) is 18.2 Å². The molecule has 0 saturated heterocycles. The maximum atomic E-state index is 9.24. The summed E-state index contributed by atoms with van der Waals surface area (Å²) in [5.41, 5.74) is 8.48. The van der Waals surface area contributed by atoms with Gasteiger partial charge in [0.25, 0.3) is 0 Å². The standard InChI is InChI=1S/C14H13N5/c15-8-11-13(16)17-9-18-14(11)19-7-3-5-10-4-1-2-6-12(10)19/h1-2,4,6,9H,3,5,7H2,(H2,16,17,18). The van der Waals surface area contributed by atoms with Crippen LogP contribution < -0.4 is 10.6 Å². The SMILES string of the molecule is N#Cc1c(N)ncnc1N1CCCc2ccccc21. The van der Waals surface area contributed by atoms with E-state index in [1.165, 1.54) is 11.9 Å². The molecule has 0 spiro atoms. The van der Waals surface area contributed by atoms with Crippen molar-refractivity contribution in [2.45, 2.75) is 12.8 Å². The van der Waals surface area contributed by atoms with Gasteiger partial charge in [-0.05, 0) is 24.5 Å². The van der Waals surface area contributed by atoms with Crippen LogP contribution in [0.2, 0.25) is 0 Å². The predicted octanol–water partition coefficient (Wildman–Crippen LogP) is 2.01. The number of nitrogens with zero attached hydrogens (tertiary/aromatic N) is 4. The van der Waals surface area contributed by atoms with Gasteiger partial charge in [-0.25, -0.2) is 9.97 Å². The van der Waals surface area contributed by atoms with Crippen LogP contribution in [0.4, 0.5) is 17.3 Å². The van der Waals surface area contributed by atoms with Crippen molar-refractivity contribution in [3.63, 3.8) is 0 Å². The van der Waals surface area contributed by atoms with Gasteiger partial charge >= 0.3 is 0 Å². The average Bonchev–Trinajstić information content (AvgIpc) is 2.46. The molecule has 0 radical (unpaired) electrons. The van der Waals surface area contributed by atoms with Crippen LogP contribution in [0.1, 0.15) is 17.5 Å². The minimum atomic E-state index is 0.232. The topological polar surface area (TPSA) is 78.8 Å². The number of hydrogen-bond acceptors (Lipinski definition) is 5. The van der Waals surface area contributed by atoms with Crippen molar-refractivity contribution in [2.75, 3.05) is 17.2 Å². The molecule has 2 heterocycles. The Morgan fingerprint density at radius 2 is 2.11 bits per heavy atom. The molecule has 3 rings (SSSR count). The lowest BCUT2D eigenvalue weighted by Gasteiger charge is -2.30. The quantitative estimate of drug-likeness (QED) is 0.838. The molecule has 5 nitrogen and oxygen atoms in total. The smallest absolute Gasteiger partial charge is 0.156 e. The molecule has 0 unspecified atom stereocenters. The van der Waals surface area contributed by atoms with Gasteiger partial charge < -0.3 is 10.6 Å². The molecule has 1 aromatic carbocycles. The molecular formula is C14H13N5. The van der Waals surface area contributed by atoms with E-state index < -0.39 is 0 Å². The molecule has 0 atom stereocenters. The third-order valence-electron chi connectivity index (χ3n) is 3.33. The maximum Gasteiger partial charge on any atom is 0.156 e. The van der Waals surface area contributed by atoms with E-state index in [0.717, 1.165) is 25.1 Å². The van der Waals surface area contributed by atoms with E-state index in [9.17, 15) is 5.26 Å². The first-order valence-corrected chi connectivity index (χ1v) is 6.17.